The Hall–Kier alpha value is -0.0400. The molecule has 0 aromatic carbocycles. The van der Waals surface area contributed by atoms with Crippen molar-refractivity contribution < 1.29 is 0 Å². The molecule has 0 N–H and O–H groups in total. The van der Waals surface area contributed by atoms with E-state index < -0.39 is 0 Å². The molecular weight excluding hydrogens is 326 g/mol. The largest absolute Gasteiger partial charge is 0.309 e. The van der Waals surface area contributed by atoms with Crippen molar-refractivity contribution >= 4 is 0 Å². The standard InChI is InChI=1S/C26H55N/c1-5-6-7-8-17-20-23-26(2)24-21-18-15-13-11-9-10-12-14-16-19-22-25-27(3)4/h26H,5-25H2,1-4H3. The van der Waals surface area contributed by atoms with Gasteiger partial charge in [0.25, 0.3) is 0 Å². The predicted molar refractivity (Wildman–Crippen MR) is 126 cm³/mol. The third-order valence-electron chi connectivity index (χ3n) is 6.10. The summed E-state index contributed by atoms with van der Waals surface area (Å²) in [6.07, 6.45) is 29.2. The highest BCUT2D eigenvalue weighted by Gasteiger charge is 2.02. The molecule has 0 spiro atoms. The summed E-state index contributed by atoms with van der Waals surface area (Å²) in [5.74, 6) is 0.967. The minimum absolute atomic E-state index is 0.967. The van der Waals surface area contributed by atoms with Crippen LogP contribution in [-0.4, -0.2) is 25.5 Å². The van der Waals surface area contributed by atoms with Gasteiger partial charge in [0.15, 0.2) is 0 Å². The van der Waals surface area contributed by atoms with Crippen LogP contribution >= 0.6 is 0 Å². The molecule has 1 unspecified atom stereocenters. The van der Waals surface area contributed by atoms with E-state index in [4.69, 9.17) is 0 Å². The molecule has 0 aliphatic heterocycles. The van der Waals surface area contributed by atoms with E-state index in [-0.39, 0.29) is 0 Å². The van der Waals surface area contributed by atoms with Crippen molar-refractivity contribution in [3.8, 4) is 0 Å². The molecule has 0 aliphatic carbocycles. The fourth-order valence-corrected chi connectivity index (χ4v) is 4.11. The van der Waals surface area contributed by atoms with Gasteiger partial charge < -0.3 is 4.90 Å². The molecule has 164 valence electrons. The van der Waals surface area contributed by atoms with E-state index >= 15 is 0 Å². The summed E-state index contributed by atoms with van der Waals surface area (Å²) >= 11 is 0. The topological polar surface area (TPSA) is 3.24 Å². The molecule has 0 bridgehead atoms. The minimum atomic E-state index is 0.967. The van der Waals surface area contributed by atoms with Gasteiger partial charge in [-0.25, -0.2) is 0 Å². The van der Waals surface area contributed by atoms with E-state index in [1.807, 2.05) is 0 Å². The van der Waals surface area contributed by atoms with Gasteiger partial charge in [0.2, 0.25) is 0 Å². The average molecular weight is 382 g/mol. The zero-order chi connectivity index (χ0) is 20.0. The summed E-state index contributed by atoms with van der Waals surface area (Å²) in [4.78, 5) is 2.30. The Morgan fingerprint density at radius 2 is 0.815 bits per heavy atom. The molecule has 0 fully saturated rings. The molecule has 1 heteroatoms. The minimum Gasteiger partial charge on any atom is -0.309 e. The van der Waals surface area contributed by atoms with E-state index in [9.17, 15) is 0 Å². The lowest BCUT2D eigenvalue weighted by Gasteiger charge is -2.11. The molecular formula is C26H55N. The highest BCUT2D eigenvalue weighted by molar-refractivity contribution is 4.56. The molecule has 0 radical (unpaired) electrons. The van der Waals surface area contributed by atoms with Gasteiger partial charge in [0.1, 0.15) is 0 Å². The summed E-state index contributed by atoms with van der Waals surface area (Å²) in [7, 11) is 4.36. The predicted octanol–water partition coefficient (Wildman–Crippen LogP) is 9.01. The van der Waals surface area contributed by atoms with Crippen molar-refractivity contribution in [1.29, 1.82) is 0 Å². The quantitative estimate of drug-likeness (QED) is 0.169. The van der Waals surface area contributed by atoms with E-state index in [1.165, 1.54) is 135 Å². The van der Waals surface area contributed by atoms with Crippen LogP contribution in [0, 0.1) is 5.92 Å². The van der Waals surface area contributed by atoms with Crippen LogP contribution in [0.25, 0.3) is 0 Å². The van der Waals surface area contributed by atoms with Gasteiger partial charge in [-0.05, 0) is 33.0 Å². The summed E-state index contributed by atoms with van der Waals surface area (Å²) < 4.78 is 0. The second kappa shape index (κ2) is 22.3. The molecule has 0 heterocycles. The lowest BCUT2D eigenvalue weighted by Crippen LogP contribution is -2.12. The van der Waals surface area contributed by atoms with E-state index in [0.29, 0.717) is 0 Å². The van der Waals surface area contributed by atoms with Crippen LogP contribution in [0.3, 0.4) is 0 Å². The lowest BCUT2D eigenvalue weighted by molar-refractivity contribution is 0.389. The average Bonchev–Trinajstić information content (AvgIpc) is 2.64. The Kier molecular flexibility index (Phi) is 22.2. The summed E-state index contributed by atoms with van der Waals surface area (Å²) in [6.45, 7) is 6.04. The van der Waals surface area contributed by atoms with Gasteiger partial charge >= 0.3 is 0 Å². The van der Waals surface area contributed by atoms with Crippen LogP contribution in [0.2, 0.25) is 0 Å². The van der Waals surface area contributed by atoms with Crippen molar-refractivity contribution in [2.75, 3.05) is 20.6 Å². The highest BCUT2D eigenvalue weighted by Crippen LogP contribution is 2.19. The summed E-state index contributed by atoms with van der Waals surface area (Å²) in [5, 5.41) is 0. The molecule has 0 aromatic heterocycles. The smallest absolute Gasteiger partial charge is 0.00248 e. The third kappa shape index (κ3) is 23.9. The second-order valence-corrected chi connectivity index (χ2v) is 9.50. The Balaban J connectivity index is 3.11. The van der Waals surface area contributed by atoms with Crippen molar-refractivity contribution in [3.05, 3.63) is 0 Å². The number of rotatable bonds is 22. The lowest BCUT2D eigenvalue weighted by atomic mass is 9.96. The molecule has 1 nitrogen and oxygen atoms in total. The SMILES string of the molecule is CCCCCCCCC(C)CCCCCCCCCCCCCCN(C)C. The van der Waals surface area contributed by atoms with Crippen molar-refractivity contribution in [2.45, 2.75) is 142 Å². The fourth-order valence-electron chi connectivity index (χ4n) is 4.11. The van der Waals surface area contributed by atoms with Crippen LogP contribution in [0.4, 0.5) is 0 Å². The summed E-state index contributed by atoms with van der Waals surface area (Å²) in [5.41, 5.74) is 0. The Bertz CT molecular complexity index is 261. The molecule has 0 amide bonds. The second-order valence-electron chi connectivity index (χ2n) is 9.50. The normalized spacial score (nSPS) is 12.8. The van der Waals surface area contributed by atoms with E-state index in [1.54, 1.807) is 0 Å². The monoisotopic (exact) mass is 381 g/mol. The first-order chi connectivity index (χ1) is 13.2. The molecule has 27 heavy (non-hydrogen) atoms. The highest BCUT2D eigenvalue weighted by atomic mass is 15.0. The van der Waals surface area contributed by atoms with Gasteiger partial charge in [-0.15, -0.1) is 0 Å². The van der Waals surface area contributed by atoms with Crippen LogP contribution in [0.5, 0.6) is 0 Å². The maximum atomic E-state index is 2.48. The zero-order valence-electron chi connectivity index (χ0n) is 19.9. The van der Waals surface area contributed by atoms with Gasteiger partial charge in [-0.1, -0.05) is 136 Å². The first-order valence-corrected chi connectivity index (χ1v) is 12.8. The molecule has 0 saturated heterocycles. The zero-order valence-corrected chi connectivity index (χ0v) is 19.9. The number of hydrogen-bond donors (Lipinski definition) is 0. The van der Waals surface area contributed by atoms with Crippen molar-refractivity contribution in [2.24, 2.45) is 5.92 Å². The van der Waals surface area contributed by atoms with Gasteiger partial charge in [-0.3, -0.25) is 0 Å². The third-order valence-corrected chi connectivity index (χ3v) is 6.10. The first-order valence-electron chi connectivity index (χ1n) is 12.8. The van der Waals surface area contributed by atoms with Crippen molar-refractivity contribution in [1.82, 2.24) is 4.90 Å². The van der Waals surface area contributed by atoms with E-state index in [2.05, 4.69) is 32.8 Å². The molecule has 0 aromatic rings. The first kappa shape index (κ1) is 27.0. The van der Waals surface area contributed by atoms with Crippen LogP contribution in [0.1, 0.15) is 142 Å². The van der Waals surface area contributed by atoms with Crippen LogP contribution in [0.15, 0.2) is 0 Å². The molecule has 0 saturated carbocycles. The Labute approximate surface area is 174 Å². The molecule has 0 aliphatic rings. The van der Waals surface area contributed by atoms with Crippen LogP contribution < -0.4 is 0 Å². The van der Waals surface area contributed by atoms with Crippen molar-refractivity contribution in [3.63, 3.8) is 0 Å². The van der Waals surface area contributed by atoms with E-state index in [0.717, 1.165) is 5.92 Å². The fraction of sp³-hybridized carbons (Fsp3) is 1.00. The maximum Gasteiger partial charge on any atom is -0.00248 e. The summed E-state index contributed by atoms with van der Waals surface area (Å²) in [6, 6.07) is 0. The Morgan fingerprint density at radius 1 is 0.481 bits per heavy atom. The Morgan fingerprint density at radius 3 is 1.19 bits per heavy atom. The van der Waals surface area contributed by atoms with Crippen LogP contribution in [-0.2, 0) is 0 Å². The number of hydrogen-bond acceptors (Lipinski definition) is 1. The van der Waals surface area contributed by atoms with Gasteiger partial charge in [0, 0.05) is 0 Å². The number of unbranched alkanes of at least 4 members (excludes halogenated alkanes) is 16. The molecule has 1 atom stereocenters. The van der Waals surface area contributed by atoms with Gasteiger partial charge in [-0.2, -0.15) is 0 Å². The number of nitrogens with zero attached hydrogens (tertiary/aromatic N) is 1. The maximum absolute atomic E-state index is 2.48. The van der Waals surface area contributed by atoms with Gasteiger partial charge in [0.05, 0.1) is 0 Å². The molecule has 0 rings (SSSR count).